The maximum absolute atomic E-state index is 12.6. The predicted octanol–water partition coefficient (Wildman–Crippen LogP) is 0.821. The van der Waals surface area contributed by atoms with E-state index in [1.807, 2.05) is 0 Å². The maximum atomic E-state index is 12.6. The van der Waals surface area contributed by atoms with Gasteiger partial charge in [0.05, 0.1) is 26.9 Å². The van der Waals surface area contributed by atoms with Gasteiger partial charge >= 0.3 is 5.56 Å². The molecular formula is C13H13N5O4S. The van der Waals surface area contributed by atoms with Crippen molar-refractivity contribution in [3.63, 3.8) is 0 Å². The summed E-state index contributed by atoms with van der Waals surface area (Å²) >= 11 is 1.07. The van der Waals surface area contributed by atoms with Crippen LogP contribution in [0, 0.1) is 0 Å². The van der Waals surface area contributed by atoms with Crippen LogP contribution in [0.25, 0.3) is 16.2 Å². The number of ether oxygens (including phenoxy) is 3. The first-order chi connectivity index (χ1) is 11.1. The lowest BCUT2D eigenvalue weighted by Crippen LogP contribution is -2.19. The van der Waals surface area contributed by atoms with Gasteiger partial charge in [0.15, 0.2) is 17.2 Å². The number of methoxy groups -OCH3 is 3. The Morgan fingerprint density at radius 1 is 1.09 bits per heavy atom. The van der Waals surface area contributed by atoms with E-state index in [0.29, 0.717) is 27.8 Å². The smallest absolute Gasteiger partial charge is 0.302 e. The summed E-state index contributed by atoms with van der Waals surface area (Å²) in [5.41, 5.74) is 5.65. The number of fused-ring (bicyclic) bond motifs is 1. The van der Waals surface area contributed by atoms with E-state index >= 15 is 0 Å². The number of rotatable bonds is 4. The van der Waals surface area contributed by atoms with Gasteiger partial charge < -0.3 is 19.9 Å². The minimum atomic E-state index is -0.450. The Kier molecular flexibility index (Phi) is 3.74. The molecule has 0 fully saturated rings. The quantitative estimate of drug-likeness (QED) is 0.745. The van der Waals surface area contributed by atoms with Crippen LogP contribution >= 0.6 is 11.3 Å². The maximum Gasteiger partial charge on any atom is 0.302 e. The molecule has 23 heavy (non-hydrogen) atoms. The molecule has 0 radical (unpaired) electrons. The van der Waals surface area contributed by atoms with Crippen LogP contribution in [0.1, 0.15) is 0 Å². The summed E-state index contributed by atoms with van der Waals surface area (Å²) in [7, 11) is 4.45. The van der Waals surface area contributed by atoms with Gasteiger partial charge in [0, 0.05) is 0 Å². The molecule has 0 atom stereocenters. The molecule has 0 saturated heterocycles. The van der Waals surface area contributed by atoms with Crippen LogP contribution in [-0.4, -0.2) is 41.1 Å². The monoisotopic (exact) mass is 335 g/mol. The molecule has 1 aromatic carbocycles. The van der Waals surface area contributed by atoms with Crippen molar-refractivity contribution in [2.45, 2.75) is 0 Å². The highest BCUT2D eigenvalue weighted by Gasteiger charge is 2.21. The van der Waals surface area contributed by atoms with E-state index in [4.69, 9.17) is 19.9 Å². The number of nitrogens with two attached hydrogens (primary N) is 1. The molecule has 2 N–H and O–H groups in total. The molecule has 3 aromatic rings. The summed E-state index contributed by atoms with van der Waals surface area (Å²) in [6, 6.07) is 3.30. The highest BCUT2D eigenvalue weighted by atomic mass is 32.1. The number of nitrogens with zero attached hydrogens (tertiary/aromatic N) is 4. The molecule has 120 valence electrons. The zero-order valence-electron chi connectivity index (χ0n) is 12.6. The van der Waals surface area contributed by atoms with Crippen LogP contribution in [0.15, 0.2) is 16.9 Å². The van der Waals surface area contributed by atoms with Crippen molar-refractivity contribution < 1.29 is 14.2 Å². The van der Waals surface area contributed by atoms with Gasteiger partial charge in [-0.15, -0.1) is 15.3 Å². The van der Waals surface area contributed by atoms with Crippen molar-refractivity contribution in [1.29, 1.82) is 0 Å². The molecule has 2 heterocycles. The summed E-state index contributed by atoms with van der Waals surface area (Å²) in [6.45, 7) is 0. The third-order valence-electron chi connectivity index (χ3n) is 3.17. The molecule has 0 spiro atoms. The molecule has 10 heteroatoms. The second kappa shape index (κ2) is 5.72. The first kappa shape index (κ1) is 15.0. The van der Waals surface area contributed by atoms with Crippen molar-refractivity contribution in [3.8, 4) is 28.5 Å². The largest absolute Gasteiger partial charge is 0.493 e. The lowest BCUT2D eigenvalue weighted by molar-refractivity contribution is 0.325. The Morgan fingerprint density at radius 2 is 1.83 bits per heavy atom. The van der Waals surface area contributed by atoms with Gasteiger partial charge in [0.2, 0.25) is 15.8 Å². The number of nitrogen functional groups attached to an aromatic ring is 1. The minimum Gasteiger partial charge on any atom is -0.493 e. The molecule has 2 aromatic heterocycles. The summed E-state index contributed by atoms with van der Waals surface area (Å²) in [5, 5.41) is 12.1. The average Bonchev–Trinajstić information content (AvgIpc) is 2.95. The summed E-state index contributed by atoms with van der Waals surface area (Å²) in [5.74, 6) is 1.15. The first-order valence-corrected chi connectivity index (χ1v) is 7.23. The summed E-state index contributed by atoms with van der Waals surface area (Å²) in [4.78, 5) is 12.9. The van der Waals surface area contributed by atoms with E-state index in [9.17, 15) is 4.79 Å². The molecule has 0 unspecified atom stereocenters. The van der Waals surface area contributed by atoms with Crippen LogP contribution in [0.2, 0.25) is 0 Å². The third-order valence-corrected chi connectivity index (χ3v) is 3.89. The number of hydrogen-bond acceptors (Lipinski definition) is 9. The molecule has 9 nitrogen and oxygen atoms in total. The Bertz CT molecular complexity index is 936. The van der Waals surface area contributed by atoms with Crippen LogP contribution in [0.4, 0.5) is 5.13 Å². The Morgan fingerprint density at radius 3 is 2.48 bits per heavy atom. The summed E-state index contributed by atoms with van der Waals surface area (Å²) in [6.07, 6.45) is 0. The number of benzene rings is 1. The highest BCUT2D eigenvalue weighted by molar-refractivity contribution is 7.20. The van der Waals surface area contributed by atoms with Gasteiger partial charge in [-0.2, -0.15) is 4.52 Å². The molecule has 0 aliphatic rings. The van der Waals surface area contributed by atoms with E-state index in [2.05, 4.69) is 15.3 Å². The van der Waals surface area contributed by atoms with E-state index in [1.165, 1.54) is 21.3 Å². The van der Waals surface area contributed by atoms with Crippen molar-refractivity contribution >= 4 is 21.4 Å². The normalized spacial score (nSPS) is 10.7. The fourth-order valence-corrected chi connectivity index (χ4v) is 2.79. The fourth-order valence-electron chi connectivity index (χ4n) is 2.19. The average molecular weight is 335 g/mol. The van der Waals surface area contributed by atoms with Crippen molar-refractivity contribution in [1.82, 2.24) is 19.8 Å². The van der Waals surface area contributed by atoms with Gasteiger partial charge in [0.1, 0.15) is 0 Å². The molecule has 0 bridgehead atoms. The predicted molar refractivity (Wildman–Crippen MR) is 84.4 cm³/mol. The van der Waals surface area contributed by atoms with Crippen molar-refractivity contribution in [2.75, 3.05) is 27.1 Å². The first-order valence-electron chi connectivity index (χ1n) is 6.42. The zero-order chi connectivity index (χ0) is 16.6. The van der Waals surface area contributed by atoms with E-state index in [0.717, 1.165) is 15.9 Å². The zero-order valence-corrected chi connectivity index (χ0v) is 13.4. The topological polar surface area (TPSA) is 114 Å². The highest BCUT2D eigenvalue weighted by Crippen LogP contribution is 2.42. The SMILES string of the molecule is COc1ccc(-c2nnc3sc(N)nn3c2=O)c(OC)c1OC. The minimum absolute atomic E-state index is 0.0746. The van der Waals surface area contributed by atoms with Gasteiger partial charge in [-0.05, 0) is 12.1 Å². The number of hydrogen-bond donors (Lipinski definition) is 1. The van der Waals surface area contributed by atoms with Crippen LogP contribution in [0.3, 0.4) is 0 Å². The number of aromatic nitrogens is 4. The van der Waals surface area contributed by atoms with Gasteiger partial charge in [-0.25, -0.2) is 0 Å². The Hall–Kier alpha value is -2.88. The molecule has 3 rings (SSSR count). The second-order valence-corrected chi connectivity index (χ2v) is 5.36. The summed E-state index contributed by atoms with van der Waals surface area (Å²) < 4.78 is 17.0. The number of anilines is 1. The fraction of sp³-hybridized carbons (Fsp3) is 0.231. The van der Waals surface area contributed by atoms with Crippen LogP contribution in [0.5, 0.6) is 17.2 Å². The van der Waals surface area contributed by atoms with Crippen molar-refractivity contribution in [2.24, 2.45) is 0 Å². The Balaban J connectivity index is 2.30. The van der Waals surface area contributed by atoms with E-state index in [-0.39, 0.29) is 10.8 Å². The molecule has 0 saturated carbocycles. The van der Waals surface area contributed by atoms with E-state index < -0.39 is 5.56 Å². The van der Waals surface area contributed by atoms with Crippen LogP contribution < -0.4 is 25.5 Å². The lowest BCUT2D eigenvalue weighted by Gasteiger charge is -2.14. The lowest BCUT2D eigenvalue weighted by atomic mass is 10.1. The standard InChI is InChI=1S/C13H13N5O4S/c1-20-7-5-4-6(9(21-2)10(7)22-3)8-11(19)18-13(16-15-8)23-12(14)17-18/h4-5H,1-3H3,(H2,14,17). The molecule has 0 aliphatic carbocycles. The third kappa shape index (κ3) is 2.32. The second-order valence-electron chi connectivity index (χ2n) is 4.37. The molecule has 0 aliphatic heterocycles. The van der Waals surface area contributed by atoms with Gasteiger partial charge in [0.25, 0.3) is 0 Å². The van der Waals surface area contributed by atoms with Crippen LogP contribution in [-0.2, 0) is 0 Å². The van der Waals surface area contributed by atoms with Gasteiger partial charge in [-0.1, -0.05) is 11.3 Å². The Labute approximate surface area is 134 Å². The molecular weight excluding hydrogens is 322 g/mol. The molecule has 0 amide bonds. The van der Waals surface area contributed by atoms with Crippen molar-refractivity contribution in [3.05, 3.63) is 22.5 Å². The van der Waals surface area contributed by atoms with E-state index in [1.54, 1.807) is 12.1 Å². The van der Waals surface area contributed by atoms with Gasteiger partial charge in [-0.3, -0.25) is 4.79 Å².